The summed E-state index contributed by atoms with van der Waals surface area (Å²) in [5.41, 5.74) is 1.30. The minimum Gasteiger partial charge on any atom is -0.378 e. The maximum atomic E-state index is 13.2. The average Bonchev–Trinajstić information content (AvgIpc) is 3.15. The molecule has 0 radical (unpaired) electrons. The van der Waals surface area contributed by atoms with Crippen molar-refractivity contribution in [2.45, 2.75) is 36.6 Å². The van der Waals surface area contributed by atoms with E-state index in [0.29, 0.717) is 48.6 Å². The second-order valence-electron chi connectivity index (χ2n) is 8.32. The minimum absolute atomic E-state index is 0.104. The summed E-state index contributed by atoms with van der Waals surface area (Å²) in [6, 6.07) is 3.19. The van der Waals surface area contributed by atoms with Crippen LogP contribution in [0.1, 0.15) is 31.2 Å². The fraction of sp³-hybridized carbons (Fsp3) is 0.526. The summed E-state index contributed by atoms with van der Waals surface area (Å²) in [6.45, 7) is 4.10. The molecule has 0 unspecified atom stereocenters. The first-order valence-corrected chi connectivity index (χ1v) is 12.5. The zero-order chi connectivity index (χ0) is 22.7. The smallest absolute Gasteiger partial charge is 0.291 e. The molecule has 0 atom stereocenters. The molecule has 1 aliphatic heterocycles. The second-order valence-corrected chi connectivity index (χ2v) is 11.0. The van der Waals surface area contributed by atoms with Crippen LogP contribution in [0, 0.1) is 0 Å². The monoisotopic (exact) mass is 484 g/mol. The van der Waals surface area contributed by atoms with E-state index in [1.54, 1.807) is 23.9 Å². The van der Waals surface area contributed by atoms with E-state index < -0.39 is 27.0 Å². The van der Waals surface area contributed by atoms with Gasteiger partial charge in [0.25, 0.3) is 6.43 Å². The molecule has 1 aromatic carbocycles. The fourth-order valence-electron chi connectivity index (χ4n) is 3.82. The highest BCUT2D eigenvalue weighted by Crippen LogP contribution is 2.40. The lowest BCUT2D eigenvalue weighted by molar-refractivity contribution is 0.123. The third kappa shape index (κ3) is 3.87. The highest BCUT2D eigenvalue weighted by molar-refractivity contribution is 7.89. The number of morpholine rings is 1. The van der Waals surface area contributed by atoms with Gasteiger partial charge < -0.3 is 9.64 Å². The summed E-state index contributed by atoms with van der Waals surface area (Å²) in [5.74, 6) is 0. The van der Waals surface area contributed by atoms with Gasteiger partial charge in [-0.05, 0) is 31.9 Å². The molecule has 13 heteroatoms. The van der Waals surface area contributed by atoms with Crippen molar-refractivity contribution in [2.75, 3.05) is 31.2 Å². The number of anilines is 1. The number of hydrogen-bond acceptors (Lipinski definition) is 8. The van der Waals surface area contributed by atoms with E-state index in [0.717, 1.165) is 24.2 Å². The molecule has 32 heavy (non-hydrogen) atoms. The summed E-state index contributed by atoms with van der Waals surface area (Å²) in [4.78, 5) is 2.16. The van der Waals surface area contributed by atoms with Crippen molar-refractivity contribution in [3.63, 3.8) is 0 Å². The topological polar surface area (TPSA) is 102 Å². The number of aryl methyl sites for hydroxylation is 1. The summed E-state index contributed by atoms with van der Waals surface area (Å²) in [5, 5.41) is 12.3. The number of nitrogens with zero attached hydrogens (tertiary/aromatic N) is 5. The molecule has 172 valence electrons. The molecular weight excluding hydrogens is 462 g/mol. The van der Waals surface area contributed by atoms with E-state index in [-0.39, 0.29) is 9.90 Å². The largest absolute Gasteiger partial charge is 0.378 e. The van der Waals surface area contributed by atoms with E-state index in [1.165, 1.54) is 0 Å². The van der Waals surface area contributed by atoms with Gasteiger partial charge in [-0.2, -0.15) is 5.10 Å². The van der Waals surface area contributed by atoms with Crippen LogP contribution in [0.25, 0.3) is 21.6 Å². The fourth-order valence-corrected chi connectivity index (χ4v) is 6.03. The molecule has 9 nitrogen and oxygen atoms in total. The molecule has 2 aliphatic rings. The molecular formula is C19H22F2N6O3S2. The van der Waals surface area contributed by atoms with Gasteiger partial charge in [-0.3, -0.25) is 4.68 Å². The van der Waals surface area contributed by atoms with Gasteiger partial charge in [-0.25, -0.2) is 21.9 Å². The molecule has 1 saturated heterocycles. The van der Waals surface area contributed by atoms with Crippen molar-refractivity contribution in [3.05, 3.63) is 17.1 Å². The molecule has 1 N–H and O–H groups in total. The summed E-state index contributed by atoms with van der Waals surface area (Å²) in [6.07, 6.45) is -1.17. The lowest BCUT2D eigenvalue weighted by Gasteiger charge is -2.30. The van der Waals surface area contributed by atoms with Gasteiger partial charge in [0.15, 0.2) is 10.0 Å². The van der Waals surface area contributed by atoms with Crippen molar-refractivity contribution in [2.24, 2.45) is 7.05 Å². The number of ether oxygens (including phenoxy) is 1. The standard InChI is InChI=1S/C19H22F2N6O3S2/c1-19(3-4-19)25-32(28,29)11-9-12-14(17-22-23-18(31-17)16(20)21)24-26(2)15(12)13(10-11)27-5-7-30-8-6-27/h9-10,16,25H,3-8H2,1-2H3. The number of aromatic nitrogens is 4. The minimum atomic E-state index is -3.80. The Balaban J connectivity index is 1.70. The van der Waals surface area contributed by atoms with Crippen LogP contribution in [-0.4, -0.2) is 60.2 Å². The van der Waals surface area contributed by atoms with Crippen LogP contribution in [-0.2, 0) is 21.8 Å². The molecule has 5 rings (SSSR count). The second kappa shape index (κ2) is 7.68. The average molecular weight is 485 g/mol. The van der Waals surface area contributed by atoms with E-state index in [9.17, 15) is 17.2 Å². The van der Waals surface area contributed by atoms with Gasteiger partial charge in [0, 0.05) is 31.1 Å². The lowest BCUT2D eigenvalue weighted by atomic mass is 10.1. The van der Waals surface area contributed by atoms with Crippen LogP contribution >= 0.6 is 11.3 Å². The summed E-state index contributed by atoms with van der Waals surface area (Å²) >= 11 is 0.750. The Bertz CT molecular complexity index is 1280. The number of nitrogens with one attached hydrogen (secondary N) is 1. The molecule has 1 aliphatic carbocycles. The Morgan fingerprint density at radius 3 is 2.56 bits per heavy atom. The normalized spacial score (nSPS) is 18.6. The molecule has 3 heterocycles. The summed E-state index contributed by atoms with van der Waals surface area (Å²) < 4.78 is 62.4. The van der Waals surface area contributed by atoms with Gasteiger partial charge in [-0.15, -0.1) is 10.2 Å². The molecule has 0 amide bonds. The maximum absolute atomic E-state index is 13.2. The number of benzene rings is 1. The molecule has 0 spiro atoms. The van der Waals surface area contributed by atoms with Gasteiger partial charge in [0.05, 0.1) is 29.3 Å². The SMILES string of the molecule is Cn1nc(-c2nnc(C(F)F)s2)c2cc(S(=O)(=O)NC3(C)CC3)cc(N3CCOCC3)c21. The van der Waals surface area contributed by atoms with E-state index >= 15 is 0 Å². The quantitative estimate of drug-likeness (QED) is 0.574. The van der Waals surface area contributed by atoms with Gasteiger partial charge in [0.2, 0.25) is 10.0 Å². The van der Waals surface area contributed by atoms with Gasteiger partial charge in [-0.1, -0.05) is 11.3 Å². The number of rotatable bonds is 6. The zero-order valence-corrected chi connectivity index (χ0v) is 19.1. The van der Waals surface area contributed by atoms with Gasteiger partial charge >= 0.3 is 0 Å². The first-order valence-electron chi connectivity index (χ1n) is 10.2. The molecule has 0 bridgehead atoms. The van der Waals surface area contributed by atoms with Crippen molar-refractivity contribution in [1.82, 2.24) is 24.7 Å². The molecule has 2 fully saturated rings. The molecule has 1 saturated carbocycles. The zero-order valence-electron chi connectivity index (χ0n) is 17.5. The Labute approximate surface area is 187 Å². The van der Waals surface area contributed by atoms with Crippen molar-refractivity contribution in [1.29, 1.82) is 0 Å². The lowest BCUT2D eigenvalue weighted by Crippen LogP contribution is -2.37. The number of sulfonamides is 1. The van der Waals surface area contributed by atoms with Crippen LogP contribution < -0.4 is 9.62 Å². The van der Waals surface area contributed by atoms with Crippen molar-refractivity contribution < 1.29 is 21.9 Å². The van der Waals surface area contributed by atoms with Crippen LogP contribution in [0.15, 0.2) is 17.0 Å². The van der Waals surface area contributed by atoms with E-state index in [4.69, 9.17) is 4.74 Å². The Kier molecular flexibility index (Phi) is 5.19. The Morgan fingerprint density at radius 1 is 1.22 bits per heavy atom. The van der Waals surface area contributed by atoms with E-state index in [1.807, 2.05) is 6.92 Å². The van der Waals surface area contributed by atoms with Crippen LogP contribution in [0.5, 0.6) is 0 Å². The van der Waals surface area contributed by atoms with Crippen molar-refractivity contribution >= 4 is 38.0 Å². The van der Waals surface area contributed by atoms with Crippen LogP contribution in [0.3, 0.4) is 0 Å². The third-order valence-electron chi connectivity index (χ3n) is 5.76. The third-order valence-corrected chi connectivity index (χ3v) is 8.32. The number of alkyl halides is 2. The number of fused-ring (bicyclic) bond motifs is 1. The van der Waals surface area contributed by atoms with Crippen molar-refractivity contribution in [3.8, 4) is 10.7 Å². The summed E-state index contributed by atoms with van der Waals surface area (Å²) in [7, 11) is -2.07. The van der Waals surface area contributed by atoms with Gasteiger partial charge in [0.1, 0.15) is 5.69 Å². The first kappa shape index (κ1) is 21.6. The predicted octanol–water partition coefficient (Wildman–Crippen LogP) is 2.70. The molecule has 2 aromatic heterocycles. The Morgan fingerprint density at radius 2 is 1.94 bits per heavy atom. The maximum Gasteiger partial charge on any atom is 0.291 e. The van der Waals surface area contributed by atoms with E-state index in [2.05, 4.69) is 24.9 Å². The highest BCUT2D eigenvalue weighted by atomic mass is 32.2. The van der Waals surface area contributed by atoms with Crippen LogP contribution in [0.2, 0.25) is 0 Å². The highest BCUT2D eigenvalue weighted by Gasteiger charge is 2.41. The number of halogens is 2. The number of hydrogen-bond donors (Lipinski definition) is 1. The molecule has 3 aromatic rings. The van der Waals surface area contributed by atoms with Crippen LogP contribution in [0.4, 0.5) is 14.5 Å². The Hall–Kier alpha value is -2.22. The first-order chi connectivity index (χ1) is 15.2. The predicted molar refractivity (Wildman–Crippen MR) is 116 cm³/mol.